The second-order valence-electron chi connectivity index (χ2n) is 2.90. The highest BCUT2D eigenvalue weighted by Crippen LogP contribution is 2.49. The van der Waals surface area contributed by atoms with Crippen molar-refractivity contribution in [2.75, 3.05) is 31.9 Å². The van der Waals surface area contributed by atoms with E-state index in [4.69, 9.17) is 15.5 Å². The molecule has 0 aliphatic rings. The van der Waals surface area contributed by atoms with E-state index in [0.717, 1.165) is 19.5 Å². The second-order valence-corrected chi connectivity index (χ2v) is 6.75. The zero-order chi connectivity index (χ0) is 11.0. The molecule has 0 unspecified atom stereocenters. The first-order valence-electron chi connectivity index (χ1n) is 4.62. The minimum atomic E-state index is -3.89. The van der Waals surface area contributed by atoms with E-state index in [-0.39, 0.29) is 0 Å². The minimum Gasteiger partial charge on any atom is -0.330 e. The average molecular weight is 242 g/mol. The predicted molar refractivity (Wildman–Crippen MR) is 60.3 cm³/mol. The third-order valence-corrected chi connectivity index (χ3v) is 4.05. The first-order chi connectivity index (χ1) is 6.49. The average Bonchev–Trinajstić information content (AvgIpc) is 2.09. The maximum Gasteiger partial charge on any atom is 0.384 e. The van der Waals surface area contributed by atoms with Crippen molar-refractivity contribution in [1.82, 2.24) is 4.90 Å². The Balaban J connectivity index is 3.57. The van der Waals surface area contributed by atoms with Crippen molar-refractivity contribution in [3.63, 3.8) is 0 Å². The molecule has 0 aromatic heterocycles. The van der Waals surface area contributed by atoms with Crippen LogP contribution in [-0.4, -0.2) is 46.6 Å². The molecule has 0 saturated carbocycles. The molecule has 0 radical (unpaired) electrons. The minimum absolute atomic E-state index is 0.461. The van der Waals surface area contributed by atoms with Gasteiger partial charge in [0.15, 0.2) is 0 Å². The van der Waals surface area contributed by atoms with Crippen LogP contribution in [0.1, 0.15) is 13.3 Å². The maximum atomic E-state index is 10.5. The van der Waals surface area contributed by atoms with E-state index in [2.05, 4.69) is 4.90 Å². The van der Waals surface area contributed by atoms with Gasteiger partial charge in [-0.15, -0.1) is 0 Å². The number of hydrogen-bond acceptors (Lipinski definition) is 4. The molecule has 0 bridgehead atoms. The van der Waals surface area contributed by atoms with E-state index in [9.17, 15) is 4.57 Å². The summed E-state index contributed by atoms with van der Waals surface area (Å²) in [7, 11) is 0. The molecular weight excluding hydrogens is 223 g/mol. The van der Waals surface area contributed by atoms with Crippen molar-refractivity contribution in [3.05, 3.63) is 0 Å². The summed E-state index contributed by atoms with van der Waals surface area (Å²) in [6.07, 6.45) is 0.925. The molecule has 0 amide bonds. The van der Waals surface area contributed by atoms with Gasteiger partial charge in [-0.05, 0) is 37.4 Å². The summed E-state index contributed by atoms with van der Waals surface area (Å²) in [4.78, 5) is 19.4. The summed E-state index contributed by atoms with van der Waals surface area (Å²) in [6.45, 7) is 1.28. The van der Waals surface area contributed by atoms with Gasteiger partial charge in [0.1, 0.15) is 0 Å². The van der Waals surface area contributed by atoms with Crippen LogP contribution in [0.5, 0.6) is 0 Å². The molecule has 0 aliphatic carbocycles. The Kier molecular flexibility index (Phi) is 7.91. The molecule has 0 aromatic carbocycles. The van der Waals surface area contributed by atoms with Crippen molar-refractivity contribution < 1.29 is 14.4 Å². The molecule has 4 N–H and O–H groups in total. The Labute approximate surface area is 89.0 Å². The van der Waals surface area contributed by atoms with Gasteiger partial charge < -0.3 is 20.4 Å². The van der Waals surface area contributed by atoms with Crippen molar-refractivity contribution in [3.8, 4) is 0 Å². The molecular formula is C7H19N2O3PS. The van der Waals surface area contributed by atoms with E-state index in [1.54, 1.807) is 0 Å². The summed E-state index contributed by atoms with van der Waals surface area (Å²) in [5.74, 6) is 0.461. The molecule has 0 heterocycles. The quantitative estimate of drug-likeness (QED) is 0.537. The monoisotopic (exact) mass is 242 g/mol. The Hall–Kier alpha value is 0.420. The van der Waals surface area contributed by atoms with Gasteiger partial charge in [-0.1, -0.05) is 6.92 Å². The molecule has 0 fully saturated rings. The summed E-state index contributed by atoms with van der Waals surface area (Å²) in [6, 6.07) is 0. The van der Waals surface area contributed by atoms with Crippen LogP contribution in [0.3, 0.4) is 0 Å². The molecule has 0 aliphatic heterocycles. The van der Waals surface area contributed by atoms with Crippen molar-refractivity contribution >= 4 is 18.2 Å². The van der Waals surface area contributed by atoms with E-state index >= 15 is 0 Å². The third kappa shape index (κ3) is 8.99. The first-order valence-corrected chi connectivity index (χ1v) is 7.82. The van der Waals surface area contributed by atoms with Gasteiger partial charge in [0.2, 0.25) is 0 Å². The van der Waals surface area contributed by atoms with Gasteiger partial charge in [-0.3, -0.25) is 0 Å². The number of hydrogen-bond donors (Lipinski definition) is 3. The lowest BCUT2D eigenvalue weighted by Gasteiger charge is -2.19. The zero-order valence-electron chi connectivity index (χ0n) is 8.43. The highest BCUT2D eigenvalue weighted by atomic mass is 32.7. The van der Waals surface area contributed by atoms with Crippen LogP contribution in [-0.2, 0) is 4.57 Å². The van der Waals surface area contributed by atoms with Gasteiger partial charge in [0, 0.05) is 12.3 Å². The highest BCUT2D eigenvalue weighted by molar-refractivity contribution is 8.54. The van der Waals surface area contributed by atoms with Crippen molar-refractivity contribution in [1.29, 1.82) is 0 Å². The van der Waals surface area contributed by atoms with Crippen LogP contribution < -0.4 is 5.73 Å². The van der Waals surface area contributed by atoms with Crippen LogP contribution in [0.2, 0.25) is 0 Å². The lowest BCUT2D eigenvalue weighted by Crippen LogP contribution is -2.28. The SMILES string of the molecule is CCN(CCCN)CCSP(=O)(O)O. The topological polar surface area (TPSA) is 86.8 Å². The van der Waals surface area contributed by atoms with E-state index in [1.807, 2.05) is 6.92 Å². The van der Waals surface area contributed by atoms with E-state index in [1.165, 1.54) is 0 Å². The fraction of sp³-hybridized carbons (Fsp3) is 1.00. The second kappa shape index (κ2) is 7.68. The lowest BCUT2D eigenvalue weighted by atomic mass is 10.4. The Morgan fingerprint density at radius 2 is 2.07 bits per heavy atom. The molecule has 0 aromatic rings. The fourth-order valence-electron chi connectivity index (χ4n) is 1.03. The molecule has 5 nitrogen and oxygen atoms in total. The van der Waals surface area contributed by atoms with Gasteiger partial charge in [-0.2, -0.15) is 0 Å². The van der Waals surface area contributed by atoms with E-state index < -0.39 is 6.80 Å². The standard InChI is InChI=1S/C7H19N2O3PS/c1-2-9(5-3-4-8)6-7-14-13(10,11)12/h2-8H2,1H3,(H2,10,11,12). The summed E-state index contributed by atoms with van der Waals surface area (Å²) in [5.41, 5.74) is 5.37. The fourth-order valence-corrected chi connectivity index (χ4v) is 2.57. The summed E-state index contributed by atoms with van der Waals surface area (Å²) in [5, 5.41) is 0. The largest absolute Gasteiger partial charge is 0.384 e. The van der Waals surface area contributed by atoms with Crippen molar-refractivity contribution in [2.45, 2.75) is 13.3 Å². The highest BCUT2D eigenvalue weighted by Gasteiger charge is 2.13. The predicted octanol–water partition coefficient (Wildman–Crippen LogP) is 0.483. The number of nitrogens with two attached hydrogens (primary N) is 1. The lowest BCUT2D eigenvalue weighted by molar-refractivity contribution is 0.304. The van der Waals surface area contributed by atoms with Gasteiger partial charge >= 0.3 is 6.80 Å². The van der Waals surface area contributed by atoms with Gasteiger partial charge in [0.25, 0.3) is 0 Å². The summed E-state index contributed by atoms with van der Waals surface area (Å²) >= 11 is 0.704. The van der Waals surface area contributed by atoms with Crippen LogP contribution in [0.4, 0.5) is 0 Å². The number of nitrogens with zero attached hydrogens (tertiary/aromatic N) is 1. The molecule has 7 heteroatoms. The maximum absolute atomic E-state index is 10.5. The van der Waals surface area contributed by atoms with Crippen LogP contribution in [0.15, 0.2) is 0 Å². The van der Waals surface area contributed by atoms with Crippen LogP contribution >= 0.6 is 18.2 Å². The van der Waals surface area contributed by atoms with Crippen LogP contribution in [0.25, 0.3) is 0 Å². The van der Waals surface area contributed by atoms with Crippen molar-refractivity contribution in [2.24, 2.45) is 5.73 Å². The smallest absolute Gasteiger partial charge is 0.330 e. The first kappa shape index (κ1) is 14.4. The molecule has 0 saturated heterocycles. The third-order valence-electron chi connectivity index (χ3n) is 1.79. The Morgan fingerprint density at radius 1 is 1.43 bits per heavy atom. The van der Waals surface area contributed by atoms with Gasteiger partial charge in [0.05, 0.1) is 0 Å². The molecule has 86 valence electrons. The Morgan fingerprint density at radius 3 is 2.50 bits per heavy atom. The van der Waals surface area contributed by atoms with E-state index in [0.29, 0.717) is 30.2 Å². The zero-order valence-corrected chi connectivity index (χ0v) is 10.1. The Bertz CT molecular complexity index is 188. The number of rotatable bonds is 8. The van der Waals surface area contributed by atoms with Crippen LogP contribution in [0, 0.1) is 0 Å². The molecule has 0 atom stereocenters. The summed E-state index contributed by atoms with van der Waals surface area (Å²) < 4.78 is 10.5. The molecule has 0 spiro atoms. The molecule has 0 rings (SSSR count). The normalized spacial score (nSPS) is 12.4. The molecule has 14 heavy (non-hydrogen) atoms. The van der Waals surface area contributed by atoms with Gasteiger partial charge in [-0.25, -0.2) is 4.57 Å².